The predicted molar refractivity (Wildman–Crippen MR) is 118 cm³/mol. The quantitative estimate of drug-likeness (QED) is 0.331. The van der Waals surface area contributed by atoms with Gasteiger partial charge in [-0.1, -0.05) is 13.3 Å². The molecule has 7 nitrogen and oxygen atoms in total. The van der Waals surface area contributed by atoms with Crippen LogP contribution in [-0.2, 0) is 0 Å². The van der Waals surface area contributed by atoms with Gasteiger partial charge in [-0.25, -0.2) is 0 Å². The van der Waals surface area contributed by atoms with Gasteiger partial charge in [0.25, 0.3) is 5.91 Å². The van der Waals surface area contributed by atoms with Crippen LogP contribution in [0.5, 0.6) is 0 Å². The number of guanidine groups is 1. The molecule has 8 heteroatoms. The van der Waals surface area contributed by atoms with Crippen LogP contribution in [0.25, 0.3) is 0 Å². The molecule has 0 aromatic carbocycles. The third-order valence-electron chi connectivity index (χ3n) is 4.67. The maximum atomic E-state index is 12.4. The standard InChI is InChI=1S/C19H32N4O3.HI/c1-3-6-16(8-13-24)15-21-19(20-4-2)23-11-9-22(10-12-23)18(25)17-7-5-14-26-17;/h5,7,14,16,24H,3-4,6,8-13,15H2,1-2H3,(H,20,21);1H. The summed E-state index contributed by atoms with van der Waals surface area (Å²) in [4.78, 5) is 21.2. The highest BCUT2D eigenvalue weighted by molar-refractivity contribution is 14.0. The van der Waals surface area contributed by atoms with E-state index < -0.39 is 0 Å². The molecular formula is C19H33IN4O3. The van der Waals surface area contributed by atoms with Gasteiger partial charge in [0.1, 0.15) is 0 Å². The monoisotopic (exact) mass is 492 g/mol. The maximum absolute atomic E-state index is 12.4. The molecule has 0 bridgehead atoms. The number of furan rings is 1. The zero-order chi connectivity index (χ0) is 18.8. The lowest BCUT2D eigenvalue weighted by Crippen LogP contribution is -2.53. The van der Waals surface area contributed by atoms with E-state index in [9.17, 15) is 9.90 Å². The highest BCUT2D eigenvalue weighted by Crippen LogP contribution is 2.13. The van der Waals surface area contributed by atoms with Crippen molar-refractivity contribution in [1.29, 1.82) is 0 Å². The normalized spacial score (nSPS) is 16.0. The second kappa shape index (κ2) is 13.0. The Morgan fingerprint density at radius 2 is 1.96 bits per heavy atom. The molecule has 154 valence electrons. The predicted octanol–water partition coefficient (Wildman–Crippen LogP) is 2.42. The number of nitrogens with zero attached hydrogens (tertiary/aromatic N) is 3. The summed E-state index contributed by atoms with van der Waals surface area (Å²) in [5.41, 5.74) is 0. The number of aliphatic hydroxyl groups excluding tert-OH is 1. The number of hydrogen-bond acceptors (Lipinski definition) is 4. The van der Waals surface area contributed by atoms with Crippen LogP contribution >= 0.6 is 24.0 Å². The molecule has 1 aliphatic heterocycles. The number of aliphatic hydroxyl groups is 1. The van der Waals surface area contributed by atoms with Crippen molar-refractivity contribution in [3.05, 3.63) is 24.2 Å². The molecule has 1 atom stereocenters. The molecule has 2 heterocycles. The highest BCUT2D eigenvalue weighted by Gasteiger charge is 2.25. The number of piperazine rings is 1. The number of nitrogens with one attached hydrogen (secondary N) is 1. The van der Waals surface area contributed by atoms with Crippen LogP contribution in [0, 0.1) is 5.92 Å². The van der Waals surface area contributed by atoms with Gasteiger partial charge >= 0.3 is 0 Å². The molecule has 1 amide bonds. The summed E-state index contributed by atoms with van der Waals surface area (Å²) in [6.45, 7) is 8.76. The van der Waals surface area contributed by atoms with Gasteiger partial charge in [0, 0.05) is 45.9 Å². The fourth-order valence-electron chi connectivity index (χ4n) is 3.24. The van der Waals surface area contributed by atoms with Crippen molar-refractivity contribution < 1.29 is 14.3 Å². The van der Waals surface area contributed by atoms with Gasteiger partial charge in [0.2, 0.25) is 0 Å². The average Bonchev–Trinajstić information content (AvgIpc) is 3.19. The van der Waals surface area contributed by atoms with Crippen molar-refractivity contribution in [1.82, 2.24) is 15.1 Å². The number of rotatable bonds is 8. The lowest BCUT2D eigenvalue weighted by atomic mass is 10.0. The summed E-state index contributed by atoms with van der Waals surface area (Å²) in [6.07, 6.45) is 4.50. The molecule has 27 heavy (non-hydrogen) atoms. The molecule has 0 saturated carbocycles. The number of amides is 1. The molecule has 2 rings (SSSR count). The second-order valence-corrected chi connectivity index (χ2v) is 6.62. The first-order valence-corrected chi connectivity index (χ1v) is 9.66. The van der Waals surface area contributed by atoms with E-state index in [0.29, 0.717) is 24.8 Å². The van der Waals surface area contributed by atoms with E-state index in [1.54, 1.807) is 12.1 Å². The average molecular weight is 492 g/mol. The Bertz CT molecular complexity index is 551. The van der Waals surface area contributed by atoms with Crippen molar-refractivity contribution in [2.45, 2.75) is 33.1 Å². The maximum Gasteiger partial charge on any atom is 0.289 e. The lowest BCUT2D eigenvalue weighted by Gasteiger charge is -2.36. The Morgan fingerprint density at radius 1 is 1.26 bits per heavy atom. The molecule has 1 saturated heterocycles. The molecule has 1 aromatic rings. The van der Waals surface area contributed by atoms with Gasteiger partial charge in [-0.2, -0.15) is 0 Å². The first-order valence-electron chi connectivity index (χ1n) is 9.66. The molecule has 1 aliphatic rings. The number of aliphatic imine (C=N–C) groups is 1. The fraction of sp³-hybridized carbons (Fsp3) is 0.684. The van der Waals surface area contributed by atoms with Crippen LogP contribution < -0.4 is 5.32 Å². The Labute approximate surface area is 179 Å². The SMILES string of the molecule is CCCC(CCO)CN=C(NCC)N1CCN(C(=O)c2ccco2)CC1.I. The van der Waals surface area contributed by atoms with Crippen LogP contribution in [0.3, 0.4) is 0 Å². The van der Waals surface area contributed by atoms with Gasteiger partial charge in [-0.15, -0.1) is 24.0 Å². The molecule has 0 spiro atoms. The van der Waals surface area contributed by atoms with Gasteiger partial charge in [-0.3, -0.25) is 9.79 Å². The van der Waals surface area contributed by atoms with E-state index in [4.69, 9.17) is 9.41 Å². The molecule has 0 radical (unpaired) electrons. The highest BCUT2D eigenvalue weighted by atomic mass is 127. The number of carbonyl (C=O) groups is 1. The molecule has 1 aromatic heterocycles. The summed E-state index contributed by atoms with van der Waals surface area (Å²) < 4.78 is 5.21. The van der Waals surface area contributed by atoms with E-state index >= 15 is 0 Å². The van der Waals surface area contributed by atoms with E-state index in [2.05, 4.69) is 24.1 Å². The van der Waals surface area contributed by atoms with Gasteiger partial charge in [0.15, 0.2) is 11.7 Å². The minimum atomic E-state index is -0.0532. The molecular weight excluding hydrogens is 459 g/mol. The molecule has 0 aliphatic carbocycles. The number of halogens is 1. The minimum Gasteiger partial charge on any atom is -0.459 e. The van der Waals surface area contributed by atoms with E-state index in [-0.39, 0.29) is 36.5 Å². The smallest absolute Gasteiger partial charge is 0.289 e. The van der Waals surface area contributed by atoms with Crippen molar-refractivity contribution >= 4 is 35.8 Å². The third-order valence-corrected chi connectivity index (χ3v) is 4.67. The lowest BCUT2D eigenvalue weighted by molar-refractivity contribution is 0.0657. The van der Waals surface area contributed by atoms with Crippen molar-refractivity contribution in [3.8, 4) is 0 Å². The fourth-order valence-corrected chi connectivity index (χ4v) is 3.24. The first-order chi connectivity index (χ1) is 12.7. The van der Waals surface area contributed by atoms with Crippen LogP contribution in [0.4, 0.5) is 0 Å². The Hall–Kier alpha value is -1.29. The molecule has 1 unspecified atom stereocenters. The summed E-state index contributed by atoms with van der Waals surface area (Å²) >= 11 is 0. The minimum absolute atomic E-state index is 0. The topological polar surface area (TPSA) is 81.3 Å². The van der Waals surface area contributed by atoms with Gasteiger partial charge < -0.3 is 24.6 Å². The van der Waals surface area contributed by atoms with Crippen molar-refractivity contribution in [3.63, 3.8) is 0 Å². The van der Waals surface area contributed by atoms with Crippen LogP contribution in [0.15, 0.2) is 27.8 Å². The zero-order valence-corrected chi connectivity index (χ0v) is 18.7. The Kier molecular flexibility index (Phi) is 11.4. The third kappa shape index (κ3) is 7.33. The second-order valence-electron chi connectivity index (χ2n) is 6.62. The summed E-state index contributed by atoms with van der Waals surface area (Å²) in [5.74, 6) is 1.66. The van der Waals surface area contributed by atoms with E-state index in [1.807, 2.05) is 4.90 Å². The zero-order valence-electron chi connectivity index (χ0n) is 16.4. The number of carbonyl (C=O) groups excluding carboxylic acids is 1. The van der Waals surface area contributed by atoms with Gasteiger partial charge in [0.05, 0.1) is 6.26 Å². The van der Waals surface area contributed by atoms with E-state index in [0.717, 1.165) is 51.4 Å². The Balaban J connectivity index is 0.00000364. The summed E-state index contributed by atoms with van der Waals surface area (Å²) in [7, 11) is 0. The van der Waals surface area contributed by atoms with E-state index in [1.165, 1.54) is 6.26 Å². The van der Waals surface area contributed by atoms with Gasteiger partial charge in [-0.05, 0) is 37.8 Å². The van der Waals surface area contributed by atoms with Crippen molar-refractivity contribution in [2.75, 3.05) is 45.9 Å². The van der Waals surface area contributed by atoms with Crippen molar-refractivity contribution in [2.24, 2.45) is 10.9 Å². The first kappa shape index (κ1) is 23.7. The largest absolute Gasteiger partial charge is 0.459 e. The molecule has 2 N–H and O–H groups in total. The molecule has 1 fully saturated rings. The van der Waals surface area contributed by atoms with Crippen LogP contribution in [0.2, 0.25) is 0 Å². The van der Waals surface area contributed by atoms with Crippen LogP contribution in [0.1, 0.15) is 43.7 Å². The summed E-state index contributed by atoms with van der Waals surface area (Å²) in [5, 5.41) is 12.6. The number of hydrogen-bond donors (Lipinski definition) is 2. The Morgan fingerprint density at radius 3 is 2.52 bits per heavy atom. The summed E-state index contributed by atoms with van der Waals surface area (Å²) in [6, 6.07) is 3.44. The van der Waals surface area contributed by atoms with Crippen LogP contribution in [-0.4, -0.2) is 72.6 Å².